The third-order valence-corrected chi connectivity index (χ3v) is 6.62. The van der Waals surface area contributed by atoms with Gasteiger partial charge in [0.1, 0.15) is 0 Å². The molecule has 2 aromatic rings. The van der Waals surface area contributed by atoms with Gasteiger partial charge < -0.3 is 16.4 Å². The van der Waals surface area contributed by atoms with Crippen molar-refractivity contribution in [3.63, 3.8) is 0 Å². The molecule has 1 spiro atoms. The molecule has 29 heavy (non-hydrogen) atoms. The summed E-state index contributed by atoms with van der Waals surface area (Å²) in [6.07, 6.45) is 4.39. The first-order valence-electron chi connectivity index (χ1n) is 9.53. The van der Waals surface area contributed by atoms with E-state index in [1.54, 1.807) is 16.7 Å². The number of hydrogen-bond acceptors (Lipinski definition) is 4. The summed E-state index contributed by atoms with van der Waals surface area (Å²) in [6, 6.07) is 15.0. The second-order valence-corrected chi connectivity index (χ2v) is 8.90. The van der Waals surface area contributed by atoms with Gasteiger partial charge in [-0.2, -0.15) is 5.92 Å². The quantitative estimate of drug-likeness (QED) is 0.453. The minimum absolute atomic E-state index is 0.186. The molecule has 0 radical (unpaired) electrons. The molecule has 1 aliphatic heterocycles. The zero-order chi connectivity index (χ0) is 20.7. The molecule has 2 fully saturated rings. The summed E-state index contributed by atoms with van der Waals surface area (Å²) in [7, 11) is 0. The van der Waals surface area contributed by atoms with Crippen LogP contribution in [0.15, 0.2) is 42.5 Å². The number of rotatable bonds is 2. The molecule has 6 heteroatoms. The number of ether oxygens (including phenoxy) is 2. The van der Waals surface area contributed by atoms with Gasteiger partial charge in [-0.3, -0.25) is 0 Å². The van der Waals surface area contributed by atoms with E-state index in [0.29, 0.717) is 16.5 Å². The van der Waals surface area contributed by atoms with E-state index < -0.39 is 16.9 Å². The second-order valence-electron chi connectivity index (χ2n) is 7.16. The molecule has 0 aromatic heterocycles. The van der Waals surface area contributed by atoms with Gasteiger partial charge in [-0.1, -0.05) is 12.8 Å². The molecule has 0 amide bonds. The molecule has 4 rings (SSSR count). The van der Waals surface area contributed by atoms with Gasteiger partial charge >= 0.3 is 118 Å². The van der Waals surface area contributed by atoms with E-state index in [4.69, 9.17) is 26.3 Å². The van der Waals surface area contributed by atoms with Crippen molar-refractivity contribution in [3.05, 3.63) is 65.5 Å². The summed E-state index contributed by atoms with van der Waals surface area (Å²) < 4.78 is 23.5. The maximum absolute atomic E-state index is 10.6. The third kappa shape index (κ3) is 5.97. The average Bonchev–Trinajstić information content (AvgIpc) is 3.20. The van der Waals surface area contributed by atoms with Crippen molar-refractivity contribution in [2.24, 2.45) is 5.92 Å². The Morgan fingerprint density at radius 3 is 2.34 bits per heavy atom. The normalized spacial score (nSPS) is 18.0. The van der Waals surface area contributed by atoms with Gasteiger partial charge in [0, 0.05) is 0 Å². The van der Waals surface area contributed by atoms with Crippen LogP contribution in [0.3, 0.4) is 0 Å². The summed E-state index contributed by atoms with van der Waals surface area (Å²) in [5.74, 6) is 0.433. The molecule has 154 valence electrons. The Balaban J connectivity index is 0.000000186. The maximum Gasteiger partial charge on any atom is 0.168 e. The molecule has 0 unspecified atom stereocenters. The number of benzene rings is 2. The largest absolute Gasteiger partial charge is 0.348 e. The van der Waals surface area contributed by atoms with Crippen LogP contribution in [0, 0.1) is 24.2 Å². The Bertz CT molecular complexity index is 916. The van der Waals surface area contributed by atoms with Gasteiger partial charge in [-0.05, 0) is 12.8 Å². The first kappa shape index (κ1) is 22.1. The third-order valence-electron chi connectivity index (χ3n) is 5.16. The van der Waals surface area contributed by atoms with Gasteiger partial charge in [0.2, 0.25) is 0 Å². The van der Waals surface area contributed by atoms with E-state index in [-0.39, 0.29) is 5.79 Å². The Morgan fingerprint density at radius 1 is 1.14 bits per heavy atom. The van der Waals surface area contributed by atoms with E-state index >= 15 is 0 Å². The van der Waals surface area contributed by atoms with E-state index in [2.05, 4.69) is 13.0 Å². The predicted octanol–water partition coefficient (Wildman–Crippen LogP) is 5.21. The predicted molar refractivity (Wildman–Crippen MR) is 109 cm³/mol. The maximum atomic E-state index is 10.6. The van der Waals surface area contributed by atoms with Crippen molar-refractivity contribution < 1.29 is 29.9 Å². The summed E-state index contributed by atoms with van der Waals surface area (Å²) in [5, 5.41) is 9.34. The molecule has 0 N–H and O–H groups in total. The molecule has 2 aromatic carbocycles. The molecule has 1 aliphatic carbocycles. The first-order valence-corrected chi connectivity index (χ1v) is 12.4. The Labute approximate surface area is 184 Å². The van der Waals surface area contributed by atoms with Crippen LogP contribution < -0.4 is 0 Å². The molecular formula is C23H23ClNO3Os-. The summed E-state index contributed by atoms with van der Waals surface area (Å²) in [6.45, 7) is 5.60. The number of hydrogen-bond donors (Lipinski definition) is 0. The van der Waals surface area contributed by atoms with Crippen LogP contribution in [0.1, 0.15) is 36.8 Å². The van der Waals surface area contributed by atoms with Gasteiger partial charge in [0.25, 0.3) is 0 Å². The average molecular weight is 587 g/mol. The van der Waals surface area contributed by atoms with Crippen molar-refractivity contribution in [2.75, 3.05) is 13.2 Å². The molecule has 2 aliphatic rings. The number of halogens is 1. The summed E-state index contributed by atoms with van der Waals surface area (Å²) in [5.41, 5.74) is 3.38. The minimum Gasteiger partial charge on any atom is -0.348 e. The van der Waals surface area contributed by atoms with Crippen LogP contribution in [0.5, 0.6) is 0 Å². The number of nitriles is 1. The second kappa shape index (κ2) is 10.5. The molecule has 1 saturated carbocycles. The van der Waals surface area contributed by atoms with E-state index in [0.717, 1.165) is 55.6 Å². The van der Waals surface area contributed by atoms with Crippen LogP contribution in [-0.2, 0) is 29.9 Å². The van der Waals surface area contributed by atoms with E-state index in [9.17, 15) is 3.54 Å². The minimum atomic E-state index is -1.31. The summed E-state index contributed by atoms with van der Waals surface area (Å²) in [4.78, 5) is 0. The van der Waals surface area contributed by atoms with Gasteiger partial charge in [-0.25, -0.2) is 0 Å². The Morgan fingerprint density at radius 2 is 1.79 bits per heavy atom. The van der Waals surface area contributed by atoms with E-state index in [1.807, 2.05) is 30.3 Å². The summed E-state index contributed by atoms with van der Waals surface area (Å²) >= 11 is 4.83. The van der Waals surface area contributed by atoms with Gasteiger partial charge in [-0.15, -0.1) is 0 Å². The van der Waals surface area contributed by atoms with Crippen LogP contribution in [-0.4, -0.2) is 23.6 Å². The van der Waals surface area contributed by atoms with Crippen LogP contribution in [0.2, 0.25) is 5.02 Å². The smallest absolute Gasteiger partial charge is 0.168 e. The SMILES string of the molecule is N#Cc1ccc(-c2ccc([CH]=[Os]=[O])cc2)c(Cl)c1.[CH2-]C1CCC2(CC1)OCCO2. The van der Waals surface area contributed by atoms with Crippen LogP contribution in [0.25, 0.3) is 11.1 Å². The first-order chi connectivity index (χ1) is 14.0. The molecular weight excluding hydrogens is 564 g/mol. The standard InChI is InChI=1S/C14H8ClN.C9H15O2.O.Os/c1-10-2-5-12(6-3-10)13-7-4-11(9-16)8-14(13)15;1-8-2-4-9(5-3-8)10-6-7-11-9;;/h1-8H;8H,1-7H2;;/q;-1;;. The van der Waals surface area contributed by atoms with Crippen molar-refractivity contribution in [3.8, 4) is 17.2 Å². The fourth-order valence-corrected chi connectivity index (χ4v) is 4.62. The van der Waals surface area contributed by atoms with Crippen molar-refractivity contribution in [2.45, 2.75) is 31.5 Å². The Kier molecular flexibility index (Phi) is 7.99. The topological polar surface area (TPSA) is 59.3 Å². The van der Waals surface area contributed by atoms with Crippen LogP contribution in [0.4, 0.5) is 0 Å². The van der Waals surface area contributed by atoms with Crippen molar-refractivity contribution in [1.29, 1.82) is 5.26 Å². The Hall–Kier alpha value is -1.55. The molecule has 1 heterocycles. The number of nitrogens with zero attached hydrogens (tertiary/aromatic N) is 1. The molecule has 0 bridgehead atoms. The fourth-order valence-electron chi connectivity index (χ4n) is 3.50. The van der Waals surface area contributed by atoms with Crippen molar-refractivity contribution in [1.82, 2.24) is 0 Å². The van der Waals surface area contributed by atoms with Gasteiger partial charge in [0.15, 0.2) is 5.79 Å². The van der Waals surface area contributed by atoms with Crippen molar-refractivity contribution >= 4 is 16.2 Å². The van der Waals surface area contributed by atoms with Gasteiger partial charge in [0.05, 0.1) is 13.2 Å². The fraction of sp³-hybridized carbons (Fsp3) is 0.348. The zero-order valence-electron chi connectivity index (χ0n) is 16.0. The molecule has 1 saturated heterocycles. The van der Waals surface area contributed by atoms with E-state index in [1.165, 1.54) is 0 Å². The molecule has 4 nitrogen and oxygen atoms in total. The van der Waals surface area contributed by atoms with Crippen LogP contribution >= 0.6 is 11.6 Å². The molecule has 0 atom stereocenters. The monoisotopic (exact) mass is 588 g/mol. The zero-order valence-corrected chi connectivity index (χ0v) is 19.3.